The molecule has 3 N–H and O–H groups in total. The Morgan fingerprint density at radius 2 is 2.21 bits per heavy atom. The van der Waals surface area contributed by atoms with Gasteiger partial charge in [0.05, 0.1) is 11.0 Å². The van der Waals surface area contributed by atoms with E-state index in [2.05, 4.69) is 9.97 Å². The second-order valence-corrected chi connectivity index (χ2v) is 2.89. The van der Waals surface area contributed by atoms with Crippen molar-refractivity contribution >= 4 is 29.9 Å². The quantitative estimate of drug-likeness (QED) is 0.421. The van der Waals surface area contributed by atoms with Gasteiger partial charge in [-0.1, -0.05) is 6.07 Å². The number of fused-ring (bicyclic) bond motifs is 1. The highest BCUT2D eigenvalue weighted by molar-refractivity contribution is 6.58. The summed E-state index contributed by atoms with van der Waals surface area (Å²) in [4.78, 5) is 17.1. The number of aldehydes is 1. The molecule has 0 saturated carbocycles. The molecule has 2 aromatic rings. The molecule has 5 nitrogen and oxygen atoms in total. The van der Waals surface area contributed by atoms with Crippen LogP contribution < -0.4 is 5.46 Å². The van der Waals surface area contributed by atoms with Gasteiger partial charge in [-0.25, -0.2) is 4.98 Å². The Morgan fingerprint density at radius 3 is 2.86 bits per heavy atom. The van der Waals surface area contributed by atoms with Gasteiger partial charge in [0, 0.05) is 0 Å². The van der Waals surface area contributed by atoms with Crippen LogP contribution in [0.4, 0.5) is 0 Å². The lowest BCUT2D eigenvalue weighted by atomic mass is 9.80. The van der Waals surface area contributed by atoms with Gasteiger partial charge >= 0.3 is 7.12 Å². The van der Waals surface area contributed by atoms with Gasteiger partial charge in [-0.15, -0.1) is 0 Å². The van der Waals surface area contributed by atoms with Gasteiger partial charge in [0.1, 0.15) is 0 Å². The average molecular weight is 190 g/mol. The molecule has 0 aliphatic heterocycles. The number of aromatic nitrogens is 2. The number of aromatic amines is 1. The number of hydrogen-bond acceptors (Lipinski definition) is 4. The first kappa shape index (κ1) is 8.92. The first-order valence-corrected chi connectivity index (χ1v) is 4.01. The van der Waals surface area contributed by atoms with Crippen molar-refractivity contribution in [2.45, 2.75) is 0 Å². The minimum absolute atomic E-state index is 0.226. The summed E-state index contributed by atoms with van der Waals surface area (Å²) in [6.45, 7) is 0. The Labute approximate surface area is 79.5 Å². The largest absolute Gasteiger partial charge is 0.488 e. The molecular formula is C8H7BN2O3. The van der Waals surface area contributed by atoms with E-state index < -0.39 is 7.12 Å². The van der Waals surface area contributed by atoms with Gasteiger partial charge in [-0.3, -0.25) is 4.79 Å². The lowest BCUT2D eigenvalue weighted by molar-refractivity contribution is 0.111. The van der Waals surface area contributed by atoms with Gasteiger partial charge in [0.15, 0.2) is 12.1 Å². The molecule has 0 aliphatic carbocycles. The number of H-pyrrole nitrogens is 1. The monoisotopic (exact) mass is 190 g/mol. The van der Waals surface area contributed by atoms with E-state index in [1.807, 2.05) is 0 Å². The Hall–Kier alpha value is -1.66. The van der Waals surface area contributed by atoms with Crippen LogP contribution in [0.2, 0.25) is 0 Å². The lowest BCUT2D eigenvalue weighted by Crippen LogP contribution is -2.29. The first-order chi connectivity index (χ1) is 6.70. The van der Waals surface area contributed by atoms with Crippen molar-refractivity contribution in [1.82, 2.24) is 9.97 Å². The zero-order chi connectivity index (χ0) is 10.1. The van der Waals surface area contributed by atoms with E-state index in [0.29, 0.717) is 22.8 Å². The van der Waals surface area contributed by atoms with Gasteiger partial charge in [0.25, 0.3) is 0 Å². The van der Waals surface area contributed by atoms with E-state index in [4.69, 9.17) is 10.0 Å². The summed E-state index contributed by atoms with van der Waals surface area (Å²) in [5, 5.41) is 17.8. The van der Waals surface area contributed by atoms with Gasteiger partial charge in [-0.05, 0) is 17.6 Å². The Kier molecular flexibility index (Phi) is 2.07. The van der Waals surface area contributed by atoms with Crippen LogP contribution in [-0.4, -0.2) is 33.4 Å². The third kappa shape index (κ3) is 1.41. The van der Waals surface area contributed by atoms with E-state index in [1.54, 1.807) is 18.2 Å². The van der Waals surface area contributed by atoms with Crippen LogP contribution in [0.3, 0.4) is 0 Å². The Bertz CT molecular complexity index is 480. The third-order valence-electron chi connectivity index (χ3n) is 1.93. The molecule has 0 spiro atoms. The number of carbonyl (C=O) groups is 1. The van der Waals surface area contributed by atoms with Crippen molar-refractivity contribution in [3.05, 3.63) is 24.0 Å². The predicted octanol–water partition coefficient (Wildman–Crippen LogP) is -0.945. The molecule has 0 saturated heterocycles. The summed E-state index contributed by atoms with van der Waals surface area (Å²) < 4.78 is 0. The molecule has 70 valence electrons. The molecule has 0 bridgehead atoms. The normalized spacial score (nSPS) is 10.4. The molecule has 1 aromatic carbocycles. The molecule has 0 unspecified atom stereocenters. The molecule has 1 aromatic heterocycles. The third-order valence-corrected chi connectivity index (χ3v) is 1.93. The summed E-state index contributed by atoms with van der Waals surface area (Å²) in [7, 11) is -1.51. The van der Waals surface area contributed by atoms with Crippen molar-refractivity contribution < 1.29 is 14.8 Å². The smallest absolute Gasteiger partial charge is 0.423 e. The Morgan fingerprint density at radius 1 is 1.43 bits per heavy atom. The zero-order valence-electron chi connectivity index (χ0n) is 7.14. The van der Waals surface area contributed by atoms with Gasteiger partial charge in [0.2, 0.25) is 0 Å². The molecule has 2 rings (SSSR count). The second kappa shape index (κ2) is 3.24. The van der Waals surface area contributed by atoms with Crippen LogP contribution in [0.5, 0.6) is 0 Å². The van der Waals surface area contributed by atoms with E-state index in [0.717, 1.165) is 0 Å². The van der Waals surface area contributed by atoms with Crippen LogP contribution in [-0.2, 0) is 0 Å². The molecule has 0 radical (unpaired) electrons. The second-order valence-electron chi connectivity index (χ2n) is 2.89. The van der Waals surface area contributed by atoms with Crippen molar-refractivity contribution in [2.24, 2.45) is 0 Å². The molecule has 6 heteroatoms. The highest BCUT2D eigenvalue weighted by Crippen LogP contribution is 2.08. The standard InChI is InChI=1S/C8H7BN2O3/c12-4-8-10-6-2-1-5(9(13)14)3-7(6)11-8/h1-4,13-14H,(H,10,11). The molecule has 1 heterocycles. The predicted molar refractivity (Wildman–Crippen MR) is 51.3 cm³/mol. The maximum atomic E-state index is 10.4. The summed E-state index contributed by atoms with van der Waals surface area (Å²) in [6, 6.07) is 4.70. The summed E-state index contributed by atoms with van der Waals surface area (Å²) in [5.41, 5.74) is 1.59. The van der Waals surface area contributed by atoms with Crippen molar-refractivity contribution in [3.8, 4) is 0 Å². The fourth-order valence-electron chi connectivity index (χ4n) is 1.26. The number of imidazole rings is 1. The molecular weight excluding hydrogens is 183 g/mol. The van der Waals surface area contributed by atoms with Gasteiger partial charge < -0.3 is 15.0 Å². The number of nitrogens with one attached hydrogen (secondary N) is 1. The SMILES string of the molecule is O=Cc1nc2ccc(B(O)O)cc2[nH]1. The van der Waals surface area contributed by atoms with Crippen LogP contribution in [0.15, 0.2) is 18.2 Å². The summed E-state index contributed by atoms with van der Waals surface area (Å²) >= 11 is 0. The van der Waals surface area contributed by atoms with Crippen LogP contribution in [0.25, 0.3) is 11.0 Å². The van der Waals surface area contributed by atoms with E-state index in [9.17, 15) is 4.79 Å². The summed E-state index contributed by atoms with van der Waals surface area (Å²) in [6.07, 6.45) is 0.606. The highest BCUT2D eigenvalue weighted by Gasteiger charge is 2.12. The first-order valence-electron chi connectivity index (χ1n) is 4.01. The van der Waals surface area contributed by atoms with E-state index in [1.165, 1.54) is 0 Å². The Balaban J connectivity index is 2.59. The minimum atomic E-state index is -1.51. The van der Waals surface area contributed by atoms with Crippen LogP contribution in [0.1, 0.15) is 10.6 Å². The molecule has 14 heavy (non-hydrogen) atoms. The lowest BCUT2D eigenvalue weighted by Gasteiger charge is -1.97. The number of benzene rings is 1. The molecule has 0 aliphatic rings. The van der Waals surface area contributed by atoms with Crippen LogP contribution in [0, 0.1) is 0 Å². The fraction of sp³-hybridized carbons (Fsp3) is 0. The minimum Gasteiger partial charge on any atom is -0.423 e. The number of rotatable bonds is 2. The number of hydrogen-bond donors (Lipinski definition) is 3. The number of carbonyl (C=O) groups excluding carboxylic acids is 1. The van der Waals surface area contributed by atoms with E-state index >= 15 is 0 Å². The van der Waals surface area contributed by atoms with Crippen molar-refractivity contribution in [2.75, 3.05) is 0 Å². The number of nitrogens with zero attached hydrogens (tertiary/aromatic N) is 1. The summed E-state index contributed by atoms with van der Waals surface area (Å²) in [5.74, 6) is 0.226. The average Bonchev–Trinajstić information content (AvgIpc) is 2.58. The van der Waals surface area contributed by atoms with Crippen LogP contribution >= 0.6 is 0 Å². The maximum Gasteiger partial charge on any atom is 0.488 e. The molecule has 0 amide bonds. The van der Waals surface area contributed by atoms with Crippen molar-refractivity contribution in [1.29, 1.82) is 0 Å². The fourth-order valence-corrected chi connectivity index (χ4v) is 1.26. The molecule has 0 fully saturated rings. The van der Waals surface area contributed by atoms with Crippen molar-refractivity contribution in [3.63, 3.8) is 0 Å². The zero-order valence-corrected chi connectivity index (χ0v) is 7.14. The highest BCUT2D eigenvalue weighted by atomic mass is 16.4. The topological polar surface area (TPSA) is 86.2 Å². The van der Waals surface area contributed by atoms with Gasteiger partial charge in [-0.2, -0.15) is 0 Å². The van der Waals surface area contributed by atoms with E-state index in [-0.39, 0.29) is 5.82 Å². The maximum absolute atomic E-state index is 10.4. The molecule has 0 atom stereocenters.